The van der Waals surface area contributed by atoms with Crippen LogP contribution in [0.15, 0.2) is 18.2 Å². The van der Waals surface area contributed by atoms with Crippen molar-refractivity contribution in [2.75, 3.05) is 19.7 Å². The van der Waals surface area contributed by atoms with Crippen LogP contribution in [0.1, 0.15) is 18.4 Å². The van der Waals surface area contributed by atoms with Gasteiger partial charge in [-0.05, 0) is 43.5 Å². The van der Waals surface area contributed by atoms with Gasteiger partial charge in [-0.1, -0.05) is 11.6 Å². The molecule has 1 aromatic rings. The van der Waals surface area contributed by atoms with Crippen molar-refractivity contribution >= 4 is 11.6 Å². The molecule has 0 saturated carbocycles. The van der Waals surface area contributed by atoms with Gasteiger partial charge in [0.1, 0.15) is 5.75 Å². The number of aliphatic hydroxyl groups is 1. The van der Waals surface area contributed by atoms with E-state index in [0.29, 0.717) is 23.2 Å². The molecule has 1 saturated heterocycles. The van der Waals surface area contributed by atoms with Gasteiger partial charge < -0.3 is 10.2 Å². The Morgan fingerprint density at radius 3 is 3.00 bits per heavy atom. The van der Waals surface area contributed by atoms with Gasteiger partial charge >= 0.3 is 0 Å². The second kappa shape index (κ2) is 5.71. The Labute approximate surface area is 107 Å². The average Bonchev–Trinajstić information content (AvgIpc) is 2.34. The van der Waals surface area contributed by atoms with Gasteiger partial charge in [-0.25, -0.2) is 0 Å². The van der Waals surface area contributed by atoms with Gasteiger partial charge in [0.05, 0.1) is 0 Å². The van der Waals surface area contributed by atoms with Gasteiger partial charge in [0.25, 0.3) is 0 Å². The van der Waals surface area contributed by atoms with Crippen molar-refractivity contribution in [1.82, 2.24) is 4.90 Å². The predicted octanol–water partition coefficient (Wildman–Crippen LogP) is 2.25. The Hall–Kier alpha value is -0.770. The van der Waals surface area contributed by atoms with Crippen molar-refractivity contribution < 1.29 is 10.2 Å². The highest BCUT2D eigenvalue weighted by Gasteiger charge is 2.19. The summed E-state index contributed by atoms with van der Waals surface area (Å²) in [6, 6.07) is 5.12. The first-order valence-corrected chi connectivity index (χ1v) is 6.37. The molecule has 0 aliphatic carbocycles. The maximum atomic E-state index is 9.75. The Balaban J connectivity index is 2.02. The number of halogens is 1. The van der Waals surface area contributed by atoms with Crippen molar-refractivity contribution in [1.29, 1.82) is 0 Å². The number of piperidine rings is 1. The maximum Gasteiger partial charge on any atom is 0.120 e. The molecule has 3 nitrogen and oxygen atoms in total. The molecule has 1 heterocycles. The number of hydrogen-bond acceptors (Lipinski definition) is 3. The Morgan fingerprint density at radius 1 is 1.41 bits per heavy atom. The summed E-state index contributed by atoms with van der Waals surface area (Å²) in [5, 5.41) is 19.6. The lowest BCUT2D eigenvalue weighted by Crippen LogP contribution is -2.36. The quantitative estimate of drug-likeness (QED) is 0.871. The van der Waals surface area contributed by atoms with Crippen molar-refractivity contribution in [3.05, 3.63) is 28.8 Å². The normalized spacial score (nSPS) is 21.6. The second-order valence-electron chi connectivity index (χ2n) is 4.70. The fourth-order valence-corrected chi connectivity index (χ4v) is 2.56. The highest BCUT2D eigenvalue weighted by molar-refractivity contribution is 6.30. The monoisotopic (exact) mass is 255 g/mol. The number of aliphatic hydroxyl groups excluding tert-OH is 1. The first-order valence-electron chi connectivity index (χ1n) is 5.99. The topological polar surface area (TPSA) is 43.7 Å². The van der Waals surface area contributed by atoms with Crippen LogP contribution in [0.4, 0.5) is 0 Å². The summed E-state index contributed by atoms with van der Waals surface area (Å²) in [5.74, 6) is 0.658. The number of phenols is 1. The van der Waals surface area contributed by atoms with E-state index in [0.717, 1.165) is 31.5 Å². The molecule has 0 aromatic heterocycles. The highest BCUT2D eigenvalue weighted by Crippen LogP contribution is 2.25. The van der Waals surface area contributed by atoms with Gasteiger partial charge in [-0.15, -0.1) is 0 Å². The molecule has 17 heavy (non-hydrogen) atoms. The standard InChI is InChI=1S/C13H18ClNO2/c14-12-3-4-13(17)11(6-12)8-15-5-1-2-10(7-15)9-16/h3-4,6,10,16-17H,1-2,5,7-9H2. The van der Waals surface area contributed by atoms with Crippen LogP contribution in [-0.2, 0) is 6.54 Å². The van der Waals surface area contributed by atoms with E-state index >= 15 is 0 Å². The molecule has 0 amide bonds. The number of hydrogen-bond donors (Lipinski definition) is 2. The number of phenolic OH excluding ortho intramolecular Hbond substituents is 1. The molecule has 0 spiro atoms. The van der Waals surface area contributed by atoms with Crippen molar-refractivity contribution in [3.63, 3.8) is 0 Å². The minimum Gasteiger partial charge on any atom is -0.508 e. The molecular weight excluding hydrogens is 238 g/mol. The Kier molecular flexibility index (Phi) is 4.26. The van der Waals surface area contributed by atoms with Crippen LogP contribution < -0.4 is 0 Å². The fourth-order valence-electron chi connectivity index (χ4n) is 2.37. The summed E-state index contributed by atoms with van der Waals surface area (Å²) in [7, 11) is 0. The first kappa shape index (κ1) is 12.7. The molecule has 1 aliphatic rings. The van der Waals surface area contributed by atoms with Gasteiger partial charge in [0.2, 0.25) is 0 Å². The van der Waals surface area contributed by atoms with Crippen LogP contribution in [-0.4, -0.2) is 34.8 Å². The van der Waals surface area contributed by atoms with E-state index in [1.807, 2.05) is 0 Å². The predicted molar refractivity (Wildman–Crippen MR) is 68.2 cm³/mol. The molecule has 1 fully saturated rings. The van der Waals surface area contributed by atoms with Crippen LogP contribution >= 0.6 is 11.6 Å². The summed E-state index contributed by atoms with van der Waals surface area (Å²) < 4.78 is 0. The molecule has 1 unspecified atom stereocenters. The third-order valence-corrected chi connectivity index (χ3v) is 3.53. The zero-order valence-corrected chi connectivity index (χ0v) is 10.5. The molecule has 1 aromatic carbocycles. The smallest absolute Gasteiger partial charge is 0.120 e. The van der Waals surface area contributed by atoms with E-state index in [1.54, 1.807) is 18.2 Å². The molecule has 1 aliphatic heterocycles. The Bertz CT molecular complexity index is 384. The maximum absolute atomic E-state index is 9.75. The number of benzene rings is 1. The zero-order chi connectivity index (χ0) is 12.3. The van der Waals surface area contributed by atoms with Crippen molar-refractivity contribution in [2.45, 2.75) is 19.4 Å². The van der Waals surface area contributed by atoms with Gasteiger partial charge in [0, 0.05) is 30.3 Å². The lowest BCUT2D eigenvalue weighted by atomic mass is 9.98. The number of nitrogens with zero attached hydrogens (tertiary/aromatic N) is 1. The summed E-state index contributed by atoms with van der Waals surface area (Å²) in [4.78, 5) is 2.26. The molecule has 2 N–H and O–H groups in total. The molecule has 1 atom stereocenters. The van der Waals surface area contributed by atoms with E-state index in [4.69, 9.17) is 11.6 Å². The van der Waals surface area contributed by atoms with Crippen molar-refractivity contribution in [3.8, 4) is 5.75 Å². The van der Waals surface area contributed by atoms with Crippen LogP contribution in [0, 0.1) is 5.92 Å². The largest absolute Gasteiger partial charge is 0.508 e. The second-order valence-corrected chi connectivity index (χ2v) is 5.14. The van der Waals surface area contributed by atoms with E-state index in [-0.39, 0.29) is 6.61 Å². The third kappa shape index (κ3) is 3.35. The number of rotatable bonds is 3. The zero-order valence-electron chi connectivity index (χ0n) is 9.77. The lowest BCUT2D eigenvalue weighted by Gasteiger charge is -2.31. The molecule has 4 heteroatoms. The van der Waals surface area contributed by atoms with E-state index in [2.05, 4.69) is 4.90 Å². The molecule has 0 radical (unpaired) electrons. The first-order chi connectivity index (χ1) is 8.19. The summed E-state index contributed by atoms with van der Waals surface area (Å²) in [6.07, 6.45) is 2.20. The Morgan fingerprint density at radius 2 is 2.24 bits per heavy atom. The summed E-state index contributed by atoms with van der Waals surface area (Å²) in [6.45, 7) is 2.85. The van der Waals surface area contributed by atoms with Crippen LogP contribution in [0.5, 0.6) is 5.75 Å². The summed E-state index contributed by atoms with van der Waals surface area (Å²) >= 11 is 5.92. The molecule has 94 valence electrons. The van der Waals surface area contributed by atoms with Crippen LogP contribution in [0.2, 0.25) is 5.02 Å². The summed E-state index contributed by atoms with van der Waals surface area (Å²) in [5.41, 5.74) is 0.857. The number of aromatic hydroxyl groups is 1. The van der Waals surface area contributed by atoms with Crippen LogP contribution in [0.3, 0.4) is 0 Å². The van der Waals surface area contributed by atoms with Gasteiger partial charge in [-0.3, -0.25) is 4.90 Å². The van der Waals surface area contributed by atoms with Gasteiger partial charge in [0.15, 0.2) is 0 Å². The minimum absolute atomic E-state index is 0.248. The SMILES string of the molecule is OCC1CCCN(Cc2cc(Cl)ccc2O)C1. The van der Waals surface area contributed by atoms with E-state index in [9.17, 15) is 10.2 Å². The van der Waals surface area contributed by atoms with E-state index < -0.39 is 0 Å². The molecule has 0 bridgehead atoms. The third-order valence-electron chi connectivity index (χ3n) is 3.30. The molecular formula is C13H18ClNO2. The fraction of sp³-hybridized carbons (Fsp3) is 0.538. The lowest BCUT2D eigenvalue weighted by molar-refractivity contribution is 0.115. The molecule has 2 rings (SSSR count). The highest BCUT2D eigenvalue weighted by atomic mass is 35.5. The average molecular weight is 256 g/mol. The minimum atomic E-state index is 0.248. The van der Waals surface area contributed by atoms with Crippen LogP contribution in [0.25, 0.3) is 0 Å². The van der Waals surface area contributed by atoms with E-state index in [1.165, 1.54) is 0 Å². The number of likely N-dealkylation sites (tertiary alicyclic amines) is 1. The van der Waals surface area contributed by atoms with Crippen molar-refractivity contribution in [2.24, 2.45) is 5.92 Å². The van der Waals surface area contributed by atoms with Gasteiger partial charge in [-0.2, -0.15) is 0 Å².